The number of carbonyl (C=O) groups is 1. The Kier molecular flexibility index (Phi) is 1.88. The van der Waals surface area contributed by atoms with Crippen molar-refractivity contribution < 1.29 is 14.3 Å². The van der Waals surface area contributed by atoms with E-state index >= 15 is 0 Å². The summed E-state index contributed by atoms with van der Waals surface area (Å²) in [5.41, 5.74) is 1.06. The van der Waals surface area contributed by atoms with Crippen molar-refractivity contribution in [2.24, 2.45) is 4.99 Å². The minimum Gasteiger partial charge on any atom is -0.487 e. The number of ether oxygens (including phenoxy) is 2. The van der Waals surface area contributed by atoms with Crippen LogP contribution in [0.5, 0.6) is 0 Å². The summed E-state index contributed by atoms with van der Waals surface area (Å²) in [6.45, 7) is 2.67. The van der Waals surface area contributed by atoms with Gasteiger partial charge >= 0.3 is 5.97 Å². The van der Waals surface area contributed by atoms with Crippen LogP contribution in [0, 0.1) is 0 Å². The maximum Gasteiger partial charge on any atom is 0.357 e. The van der Waals surface area contributed by atoms with Crippen LogP contribution in [0.15, 0.2) is 28.6 Å². The molecule has 0 aromatic heterocycles. The minimum absolute atomic E-state index is 0.322. The van der Waals surface area contributed by atoms with Crippen molar-refractivity contribution in [2.75, 3.05) is 13.2 Å². The van der Waals surface area contributed by atoms with E-state index in [1.807, 2.05) is 6.08 Å². The van der Waals surface area contributed by atoms with E-state index in [1.54, 1.807) is 13.0 Å². The molecule has 0 atom stereocenters. The predicted octanol–water partition coefficient (Wildman–Crippen LogP) is 0.802. The Morgan fingerprint density at radius 1 is 1.77 bits per heavy atom. The first-order valence-electron chi connectivity index (χ1n) is 4.12. The zero-order valence-corrected chi connectivity index (χ0v) is 7.24. The molecule has 0 spiro atoms. The van der Waals surface area contributed by atoms with Gasteiger partial charge in [0, 0.05) is 6.08 Å². The van der Waals surface area contributed by atoms with Crippen LogP contribution >= 0.6 is 0 Å². The van der Waals surface area contributed by atoms with Crippen LogP contribution < -0.4 is 0 Å². The van der Waals surface area contributed by atoms with Crippen LogP contribution in [0.2, 0.25) is 0 Å². The Morgan fingerprint density at radius 2 is 2.62 bits per heavy atom. The lowest BCUT2D eigenvalue weighted by atomic mass is 10.3. The molecule has 2 heterocycles. The Morgan fingerprint density at radius 3 is 3.31 bits per heavy atom. The topological polar surface area (TPSA) is 47.9 Å². The molecule has 0 aromatic rings. The maximum atomic E-state index is 11.2. The Bertz CT molecular complexity index is 339. The second kappa shape index (κ2) is 3.05. The average molecular weight is 179 g/mol. The summed E-state index contributed by atoms with van der Waals surface area (Å²) >= 11 is 0. The van der Waals surface area contributed by atoms with Crippen molar-refractivity contribution in [3.8, 4) is 0 Å². The lowest BCUT2D eigenvalue weighted by molar-refractivity contribution is -0.134. The van der Waals surface area contributed by atoms with E-state index in [1.165, 1.54) is 0 Å². The third-order valence-corrected chi connectivity index (χ3v) is 1.76. The smallest absolute Gasteiger partial charge is 0.357 e. The third-order valence-electron chi connectivity index (χ3n) is 1.76. The van der Waals surface area contributed by atoms with Gasteiger partial charge in [0.1, 0.15) is 18.1 Å². The third kappa shape index (κ3) is 1.35. The van der Waals surface area contributed by atoms with E-state index in [4.69, 9.17) is 9.47 Å². The standard InChI is InChI=1S/C9H9NO3/c1-2-12-9(11)7-5-8-6(10-7)3-4-13-8/h3,5H,2,4H2,1H3. The molecule has 13 heavy (non-hydrogen) atoms. The zero-order valence-electron chi connectivity index (χ0n) is 7.24. The van der Waals surface area contributed by atoms with Gasteiger partial charge in [-0.3, -0.25) is 0 Å². The van der Waals surface area contributed by atoms with E-state index in [2.05, 4.69) is 4.99 Å². The molecule has 0 saturated carbocycles. The first kappa shape index (κ1) is 8.04. The quantitative estimate of drug-likeness (QED) is 0.589. The Balaban J connectivity index is 2.16. The monoisotopic (exact) mass is 179 g/mol. The fourth-order valence-electron chi connectivity index (χ4n) is 1.20. The summed E-state index contributed by atoms with van der Waals surface area (Å²) in [6, 6.07) is 0. The fourth-order valence-corrected chi connectivity index (χ4v) is 1.20. The van der Waals surface area contributed by atoms with Crippen molar-refractivity contribution in [2.45, 2.75) is 6.92 Å². The van der Waals surface area contributed by atoms with E-state index in [0.29, 0.717) is 24.7 Å². The van der Waals surface area contributed by atoms with Crippen molar-refractivity contribution in [1.82, 2.24) is 0 Å². The Labute approximate surface area is 75.6 Å². The highest BCUT2D eigenvalue weighted by atomic mass is 16.5. The van der Waals surface area contributed by atoms with Crippen LogP contribution in [0.1, 0.15) is 6.92 Å². The molecule has 68 valence electrons. The first-order valence-corrected chi connectivity index (χ1v) is 4.12. The molecule has 4 nitrogen and oxygen atoms in total. The number of fused-ring (bicyclic) bond motifs is 1. The minimum atomic E-state index is -0.395. The molecule has 0 bridgehead atoms. The van der Waals surface area contributed by atoms with Gasteiger partial charge in [-0.25, -0.2) is 9.79 Å². The van der Waals surface area contributed by atoms with Crippen LogP contribution in [0.4, 0.5) is 0 Å². The van der Waals surface area contributed by atoms with Gasteiger partial charge in [0.2, 0.25) is 0 Å². The van der Waals surface area contributed by atoms with Gasteiger partial charge in [-0.2, -0.15) is 0 Å². The normalized spacial score (nSPS) is 18.4. The van der Waals surface area contributed by atoms with Gasteiger partial charge in [0.05, 0.1) is 6.61 Å². The number of nitrogens with zero attached hydrogens (tertiary/aromatic N) is 1. The van der Waals surface area contributed by atoms with Crippen LogP contribution in [0.25, 0.3) is 0 Å². The number of carbonyl (C=O) groups excluding carboxylic acids is 1. The van der Waals surface area contributed by atoms with Crippen LogP contribution in [0.3, 0.4) is 0 Å². The molecule has 0 radical (unpaired) electrons. The Hall–Kier alpha value is -1.58. The number of aliphatic imine (C=N–C) groups is 1. The maximum absolute atomic E-state index is 11.2. The lowest BCUT2D eigenvalue weighted by Gasteiger charge is -1.97. The molecule has 2 aliphatic rings. The molecular formula is C9H9NO3. The zero-order chi connectivity index (χ0) is 9.26. The second-order valence-electron chi connectivity index (χ2n) is 2.63. The fraction of sp³-hybridized carbons (Fsp3) is 0.333. The van der Waals surface area contributed by atoms with Gasteiger partial charge in [-0.15, -0.1) is 0 Å². The largest absolute Gasteiger partial charge is 0.487 e. The molecule has 0 saturated heterocycles. The molecule has 0 amide bonds. The summed E-state index contributed by atoms with van der Waals surface area (Å²) < 4.78 is 9.98. The van der Waals surface area contributed by atoms with Crippen molar-refractivity contribution in [1.29, 1.82) is 0 Å². The summed E-state index contributed by atoms with van der Waals surface area (Å²) in [5.74, 6) is 0.275. The molecule has 2 aliphatic heterocycles. The van der Waals surface area contributed by atoms with Gasteiger partial charge in [-0.1, -0.05) is 0 Å². The molecule has 4 heteroatoms. The molecule has 0 N–H and O–H groups in total. The number of rotatable bonds is 2. The predicted molar refractivity (Wildman–Crippen MR) is 46.2 cm³/mol. The van der Waals surface area contributed by atoms with Crippen molar-refractivity contribution in [3.63, 3.8) is 0 Å². The highest BCUT2D eigenvalue weighted by Gasteiger charge is 2.24. The summed E-state index contributed by atoms with van der Waals surface area (Å²) in [4.78, 5) is 15.3. The molecular weight excluding hydrogens is 170 g/mol. The van der Waals surface area contributed by atoms with Crippen molar-refractivity contribution in [3.05, 3.63) is 23.6 Å². The number of hydrogen-bond acceptors (Lipinski definition) is 4. The molecule has 0 unspecified atom stereocenters. The van der Waals surface area contributed by atoms with E-state index in [9.17, 15) is 4.79 Å². The average Bonchev–Trinajstić information content (AvgIpc) is 2.61. The first-order chi connectivity index (χ1) is 6.31. The second-order valence-corrected chi connectivity index (χ2v) is 2.63. The van der Waals surface area contributed by atoms with Crippen LogP contribution in [-0.4, -0.2) is 24.9 Å². The molecule has 2 rings (SSSR count). The highest BCUT2D eigenvalue weighted by Crippen LogP contribution is 2.25. The van der Waals surface area contributed by atoms with Gasteiger partial charge < -0.3 is 9.47 Å². The number of esters is 1. The summed E-state index contributed by atoms with van der Waals surface area (Å²) in [5, 5.41) is 0. The van der Waals surface area contributed by atoms with E-state index in [0.717, 1.165) is 5.70 Å². The summed E-state index contributed by atoms with van der Waals surface area (Å²) in [7, 11) is 0. The lowest BCUT2D eigenvalue weighted by Crippen LogP contribution is -2.13. The molecule has 0 aliphatic carbocycles. The summed E-state index contributed by atoms with van der Waals surface area (Å²) in [6.07, 6.45) is 3.44. The van der Waals surface area contributed by atoms with Gasteiger partial charge in [0.15, 0.2) is 5.71 Å². The number of hydrogen-bond donors (Lipinski definition) is 0. The molecule has 0 fully saturated rings. The van der Waals surface area contributed by atoms with Crippen molar-refractivity contribution >= 4 is 11.7 Å². The van der Waals surface area contributed by atoms with E-state index < -0.39 is 5.97 Å². The van der Waals surface area contributed by atoms with E-state index in [-0.39, 0.29) is 0 Å². The van der Waals surface area contributed by atoms with Gasteiger partial charge in [0.25, 0.3) is 0 Å². The van der Waals surface area contributed by atoms with Gasteiger partial charge in [-0.05, 0) is 13.0 Å². The van der Waals surface area contributed by atoms with Crippen LogP contribution in [-0.2, 0) is 14.3 Å². The molecule has 0 aromatic carbocycles. The SMILES string of the molecule is CCOC(=O)C1=NC2=CCOC2=C1. The highest BCUT2D eigenvalue weighted by molar-refractivity contribution is 6.42.